The number of hydrogen-bond acceptors (Lipinski definition) is 5. The van der Waals surface area contributed by atoms with E-state index in [1.807, 2.05) is 54.6 Å². The molecule has 0 saturated carbocycles. The molecule has 2 heterocycles. The molecule has 0 radical (unpaired) electrons. The summed E-state index contributed by atoms with van der Waals surface area (Å²) < 4.78 is 5.76. The molecule has 6 nitrogen and oxygen atoms in total. The molecule has 0 unspecified atom stereocenters. The van der Waals surface area contributed by atoms with Gasteiger partial charge in [-0.15, -0.1) is 0 Å². The average molecular weight is 348 g/mol. The summed E-state index contributed by atoms with van der Waals surface area (Å²) in [5, 5.41) is 3.62. The Morgan fingerprint density at radius 1 is 1.00 bits per heavy atom. The van der Waals surface area contributed by atoms with E-state index in [9.17, 15) is 4.79 Å². The Bertz CT molecular complexity index is 908. The molecule has 1 fully saturated rings. The zero-order valence-electron chi connectivity index (χ0n) is 14.4. The quantitative estimate of drug-likeness (QED) is 0.767. The molecule has 3 aromatic rings. The van der Waals surface area contributed by atoms with Gasteiger partial charge in [-0.2, -0.15) is 4.98 Å². The number of benzene rings is 2. The largest absolute Gasteiger partial charge is 0.467 e. The maximum absolute atomic E-state index is 12.2. The highest BCUT2D eigenvalue weighted by Gasteiger charge is 2.18. The van der Waals surface area contributed by atoms with Crippen molar-refractivity contribution in [2.45, 2.75) is 12.8 Å². The van der Waals surface area contributed by atoms with Crippen molar-refractivity contribution in [2.24, 2.45) is 0 Å². The van der Waals surface area contributed by atoms with Crippen molar-refractivity contribution in [2.75, 3.05) is 29.9 Å². The maximum atomic E-state index is 12.2. The van der Waals surface area contributed by atoms with Crippen LogP contribution >= 0.6 is 0 Å². The monoisotopic (exact) mass is 348 g/mol. The highest BCUT2D eigenvalue weighted by Crippen LogP contribution is 2.26. The first-order valence-electron chi connectivity index (χ1n) is 8.79. The lowest BCUT2D eigenvalue weighted by Gasteiger charge is -2.17. The fourth-order valence-corrected chi connectivity index (χ4v) is 3.06. The Morgan fingerprint density at radius 3 is 2.54 bits per heavy atom. The van der Waals surface area contributed by atoms with Gasteiger partial charge in [0.15, 0.2) is 6.61 Å². The van der Waals surface area contributed by atoms with Gasteiger partial charge in [0.1, 0.15) is 0 Å². The van der Waals surface area contributed by atoms with E-state index in [-0.39, 0.29) is 12.5 Å². The predicted molar refractivity (Wildman–Crippen MR) is 102 cm³/mol. The summed E-state index contributed by atoms with van der Waals surface area (Å²) >= 11 is 0. The van der Waals surface area contributed by atoms with Crippen LogP contribution in [0.15, 0.2) is 54.6 Å². The standard InChI is InChI=1S/C20H20N4O2/c25-18(21-15-8-2-1-3-9-15)14-26-19-16-10-4-5-11-17(16)22-20(23-19)24-12-6-7-13-24/h1-5,8-11H,6-7,12-14H2,(H,21,25). The van der Waals surface area contributed by atoms with E-state index in [0.29, 0.717) is 11.8 Å². The minimum absolute atomic E-state index is 0.102. The van der Waals surface area contributed by atoms with Gasteiger partial charge < -0.3 is 15.0 Å². The second-order valence-corrected chi connectivity index (χ2v) is 6.24. The van der Waals surface area contributed by atoms with Crippen molar-refractivity contribution in [3.05, 3.63) is 54.6 Å². The number of carbonyl (C=O) groups excluding carboxylic acids is 1. The van der Waals surface area contributed by atoms with Gasteiger partial charge in [0.25, 0.3) is 5.91 Å². The second kappa shape index (κ2) is 7.39. The number of rotatable bonds is 5. The third-order valence-electron chi connectivity index (χ3n) is 4.34. The lowest BCUT2D eigenvalue weighted by Crippen LogP contribution is -2.23. The number of carbonyl (C=O) groups is 1. The van der Waals surface area contributed by atoms with E-state index in [4.69, 9.17) is 4.74 Å². The smallest absolute Gasteiger partial charge is 0.262 e. The summed E-state index contributed by atoms with van der Waals surface area (Å²) in [6.07, 6.45) is 2.29. The normalized spacial score (nSPS) is 13.8. The number of nitrogens with one attached hydrogen (secondary N) is 1. The summed E-state index contributed by atoms with van der Waals surface area (Å²) in [4.78, 5) is 23.6. The van der Waals surface area contributed by atoms with E-state index >= 15 is 0 Å². The van der Waals surface area contributed by atoms with E-state index in [2.05, 4.69) is 20.2 Å². The topological polar surface area (TPSA) is 67.3 Å². The lowest BCUT2D eigenvalue weighted by atomic mass is 10.2. The van der Waals surface area contributed by atoms with Crippen LogP contribution in [0.1, 0.15) is 12.8 Å². The molecule has 1 saturated heterocycles. The van der Waals surface area contributed by atoms with Crippen LogP contribution in [-0.4, -0.2) is 35.6 Å². The number of anilines is 2. The molecular weight excluding hydrogens is 328 g/mol. The van der Waals surface area contributed by atoms with Gasteiger partial charge in [0, 0.05) is 18.8 Å². The van der Waals surface area contributed by atoms with E-state index in [0.717, 1.165) is 42.5 Å². The van der Waals surface area contributed by atoms with Crippen LogP contribution in [0.4, 0.5) is 11.6 Å². The molecule has 0 bridgehead atoms. The predicted octanol–water partition coefficient (Wildman–Crippen LogP) is 3.25. The van der Waals surface area contributed by atoms with Crippen LogP contribution in [0, 0.1) is 0 Å². The fraction of sp³-hybridized carbons (Fsp3) is 0.250. The van der Waals surface area contributed by atoms with E-state index < -0.39 is 0 Å². The van der Waals surface area contributed by atoms with Crippen molar-refractivity contribution in [1.82, 2.24) is 9.97 Å². The fourth-order valence-electron chi connectivity index (χ4n) is 3.06. The van der Waals surface area contributed by atoms with E-state index in [1.165, 1.54) is 0 Å². The Balaban J connectivity index is 1.53. The molecule has 4 rings (SSSR count). The molecule has 1 N–H and O–H groups in total. The number of nitrogens with zero attached hydrogens (tertiary/aromatic N) is 3. The molecule has 0 spiro atoms. The zero-order valence-corrected chi connectivity index (χ0v) is 14.4. The number of para-hydroxylation sites is 2. The van der Waals surface area contributed by atoms with Crippen LogP contribution in [0.5, 0.6) is 5.88 Å². The van der Waals surface area contributed by atoms with Crippen LogP contribution in [0.25, 0.3) is 10.9 Å². The average Bonchev–Trinajstić information content (AvgIpc) is 3.21. The molecule has 2 aromatic carbocycles. The highest BCUT2D eigenvalue weighted by atomic mass is 16.5. The van der Waals surface area contributed by atoms with Gasteiger partial charge in [0.05, 0.1) is 10.9 Å². The van der Waals surface area contributed by atoms with Crippen LogP contribution in [0.3, 0.4) is 0 Å². The van der Waals surface area contributed by atoms with Crippen molar-refractivity contribution in [3.63, 3.8) is 0 Å². The molecule has 6 heteroatoms. The van der Waals surface area contributed by atoms with Gasteiger partial charge in [-0.25, -0.2) is 4.98 Å². The van der Waals surface area contributed by atoms with Gasteiger partial charge in [0.2, 0.25) is 11.8 Å². The molecule has 26 heavy (non-hydrogen) atoms. The Morgan fingerprint density at radius 2 is 1.73 bits per heavy atom. The second-order valence-electron chi connectivity index (χ2n) is 6.24. The Labute approximate surface area is 151 Å². The number of amides is 1. The third-order valence-corrected chi connectivity index (χ3v) is 4.34. The first-order chi connectivity index (χ1) is 12.8. The third kappa shape index (κ3) is 3.59. The molecule has 0 aliphatic carbocycles. The first-order valence-corrected chi connectivity index (χ1v) is 8.79. The molecule has 1 aliphatic rings. The SMILES string of the molecule is O=C(COc1nc(N2CCCC2)nc2ccccc12)Nc1ccccc1. The molecule has 1 aliphatic heterocycles. The molecule has 132 valence electrons. The highest BCUT2D eigenvalue weighted by molar-refractivity contribution is 5.92. The molecule has 1 aromatic heterocycles. The van der Waals surface area contributed by atoms with Crippen molar-refractivity contribution < 1.29 is 9.53 Å². The first kappa shape index (κ1) is 16.3. The zero-order chi connectivity index (χ0) is 17.8. The summed E-state index contributed by atoms with van der Waals surface area (Å²) in [5.41, 5.74) is 1.56. The van der Waals surface area contributed by atoms with Crippen molar-refractivity contribution in [1.29, 1.82) is 0 Å². The number of ether oxygens (including phenoxy) is 1. The molecular formula is C20H20N4O2. The number of fused-ring (bicyclic) bond motifs is 1. The summed E-state index contributed by atoms with van der Waals surface area (Å²) in [6, 6.07) is 17.0. The summed E-state index contributed by atoms with van der Waals surface area (Å²) in [7, 11) is 0. The van der Waals surface area contributed by atoms with E-state index in [1.54, 1.807) is 0 Å². The number of hydrogen-bond donors (Lipinski definition) is 1. The van der Waals surface area contributed by atoms with Crippen molar-refractivity contribution >= 4 is 28.4 Å². The maximum Gasteiger partial charge on any atom is 0.262 e. The summed E-state index contributed by atoms with van der Waals surface area (Å²) in [6.45, 7) is 1.80. The molecule has 1 amide bonds. The van der Waals surface area contributed by atoms with Crippen LogP contribution in [-0.2, 0) is 4.79 Å². The summed E-state index contributed by atoms with van der Waals surface area (Å²) in [5.74, 6) is 0.891. The van der Waals surface area contributed by atoms with Crippen LogP contribution in [0.2, 0.25) is 0 Å². The molecule has 0 atom stereocenters. The minimum Gasteiger partial charge on any atom is -0.467 e. The number of aromatic nitrogens is 2. The van der Waals surface area contributed by atoms with Gasteiger partial charge in [-0.05, 0) is 37.1 Å². The minimum atomic E-state index is -0.221. The van der Waals surface area contributed by atoms with Gasteiger partial charge in [-0.1, -0.05) is 30.3 Å². The lowest BCUT2D eigenvalue weighted by molar-refractivity contribution is -0.118. The van der Waals surface area contributed by atoms with Crippen LogP contribution < -0.4 is 15.0 Å². The van der Waals surface area contributed by atoms with Crippen molar-refractivity contribution in [3.8, 4) is 5.88 Å². The Kier molecular flexibility index (Phi) is 4.64. The van der Waals surface area contributed by atoms with Gasteiger partial charge >= 0.3 is 0 Å². The van der Waals surface area contributed by atoms with Gasteiger partial charge in [-0.3, -0.25) is 4.79 Å². The Hall–Kier alpha value is -3.15.